The topological polar surface area (TPSA) is 273 Å². The number of nitrogens with zero attached hydrogens (tertiary/aromatic N) is 1. The summed E-state index contributed by atoms with van der Waals surface area (Å²) < 4.78 is 45.6. The lowest BCUT2D eigenvalue weighted by atomic mass is 9.76. The molecule has 0 amide bonds. The van der Waals surface area contributed by atoms with Gasteiger partial charge >= 0.3 is 11.9 Å². The minimum Gasteiger partial charge on any atom is -0.493 e. The first-order chi connectivity index (χ1) is 30.4. The summed E-state index contributed by atoms with van der Waals surface area (Å²) in [7, 11) is 1.56. The van der Waals surface area contributed by atoms with Gasteiger partial charge in [0.15, 0.2) is 17.6 Å². The molecule has 2 aromatic heterocycles. The van der Waals surface area contributed by atoms with Crippen LogP contribution in [0.2, 0.25) is 0 Å². The summed E-state index contributed by atoms with van der Waals surface area (Å²) in [5, 5.41) is 54.0. The second-order valence-corrected chi connectivity index (χ2v) is 15.8. The van der Waals surface area contributed by atoms with Crippen LogP contribution in [0.3, 0.4) is 0 Å². The molecule has 4 bridgehead atoms. The average Bonchev–Trinajstić information content (AvgIpc) is 3.97. The number of carboxylic acid groups (broad SMARTS) is 1. The van der Waals surface area contributed by atoms with Gasteiger partial charge in [0.05, 0.1) is 49.5 Å². The SMILES string of the molecule is COc1ccc2c3c1OCCC#CC(c1ccccc1)C1Oc4cc(OC5OC(C(OC(=O)CC(=O)O)C(N)N)C(O)C(O)C5O)cc(Cn5cc6cc[nH]c6c5CO)c4C(O3)C21. The first-order valence-corrected chi connectivity index (χ1v) is 20.4. The van der Waals surface area contributed by atoms with Gasteiger partial charge in [-0.15, -0.1) is 0 Å². The van der Waals surface area contributed by atoms with Gasteiger partial charge in [0, 0.05) is 47.9 Å². The van der Waals surface area contributed by atoms with E-state index >= 15 is 0 Å². The molecular weight excluding hydrogens is 821 g/mol. The number of carboxylic acids is 1. The van der Waals surface area contributed by atoms with Crippen LogP contribution in [0.15, 0.2) is 73.1 Å². The molecule has 18 heteroatoms. The Kier molecular flexibility index (Phi) is 11.4. The van der Waals surface area contributed by atoms with Crippen LogP contribution in [0.4, 0.5) is 0 Å². The Morgan fingerprint density at radius 1 is 1.02 bits per heavy atom. The highest BCUT2D eigenvalue weighted by Gasteiger charge is 2.53. The monoisotopic (exact) mass is 866 g/mol. The van der Waals surface area contributed by atoms with Crippen molar-refractivity contribution in [2.45, 2.75) is 93.0 Å². The van der Waals surface area contributed by atoms with Crippen LogP contribution in [0.25, 0.3) is 10.9 Å². The van der Waals surface area contributed by atoms with Gasteiger partial charge in [0.1, 0.15) is 54.5 Å². The molecule has 330 valence electrons. The third-order valence-electron chi connectivity index (χ3n) is 11.9. The number of carbonyl (C=O) groups is 2. The number of rotatable bonds is 12. The third-order valence-corrected chi connectivity index (χ3v) is 11.9. The highest BCUT2D eigenvalue weighted by atomic mass is 16.7. The first-order valence-electron chi connectivity index (χ1n) is 20.4. The van der Waals surface area contributed by atoms with Crippen LogP contribution < -0.4 is 35.2 Å². The second kappa shape index (κ2) is 17.1. The van der Waals surface area contributed by atoms with Crippen LogP contribution >= 0.6 is 0 Å². The van der Waals surface area contributed by atoms with Crippen molar-refractivity contribution in [1.82, 2.24) is 9.55 Å². The number of carbonyl (C=O) groups excluding carboxylic acids is 1. The minimum atomic E-state index is -1.93. The van der Waals surface area contributed by atoms with Crippen LogP contribution in [-0.2, 0) is 32.2 Å². The summed E-state index contributed by atoms with van der Waals surface area (Å²) in [5.41, 5.74) is 16.2. The van der Waals surface area contributed by atoms with Gasteiger partial charge in [-0.25, -0.2) is 0 Å². The lowest BCUT2D eigenvalue weighted by Crippen LogP contribution is -2.66. The number of aliphatic carboxylic acids is 1. The number of benzene rings is 3. The van der Waals surface area contributed by atoms with Crippen molar-refractivity contribution in [1.29, 1.82) is 0 Å². The van der Waals surface area contributed by atoms with Gasteiger partial charge in [-0.2, -0.15) is 0 Å². The van der Waals surface area contributed by atoms with E-state index < -0.39 is 85.4 Å². The van der Waals surface area contributed by atoms with Crippen LogP contribution in [-0.4, -0.2) is 110 Å². The van der Waals surface area contributed by atoms with Gasteiger partial charge in [-0.05, 0) is 29.3 Å². The van der Waals surface area contributed by atoms with Gasteiger partial charge < -0.3 is 79.7 Å². The summed E-state index contributed by atoms with van der Waals surface area (Å²) in [5.74, 6) is 5.01. The molecule has 63 heavy (non-hydrogen) atoms. The van der Waals surface area contributed by atoms with Crippen molar-refractivity contribution < 1.29 is 68.3 Å². The number of esters is 1. The van der Waals surface area contributed by atoms with E-state index in [1.54, 1.807) is 25.4 Å². The minimum absolute atomic E-state index is 0.0803. The summed E-state index contributed by atoms with van der Waals surface area (Å²) in [6.07, 6.45) is -10.6. The predicted molar refractivity (Wildman–Crippen MR) is 220 cm³/mol. The highest BCUT2D eigenvalue weighted by molar-refractivity contribution is 5.90. The fourth-order valence-electron chi connectivity index (χ4n) is 9.05. The van der Waals surface area contributed by atoms with Crippen molar-refractivity contribution in [3.63, 3.8) is 0 Å². The largest absolute Gasteiger partial charge is 0.493 e. The van der Waals surface area contributed by atoms with E-state index in [2.05, 4.69) is 16.8 Å². The molecule has 10 unspecified atom stereocenters. The normalized spacial score (nSPS) is 26.2. The number of aliphatic hydroxyl groups is 4. The molecule has 1 fully saturated rings. The molecule has 4 aliphatic rings. The number of ether oxygens (including phenoxy) is 7. The number of nitrogens with two attached hydrogens (primary N) is 2. The Morgan fingerprint density at radius 3 is 2.57 bits per heavy atom. The maximum Gasteiger partial charge on any atom is 0.317 e. The lowest BCUT2D eigenvalue weighted by Gasteiger charge is -2.43. The standard InChI is InChI=1S/C45H46N4O14/c1-57-28-11-10-26-33-38-25(21-7-3-2-4-8-21)9-5-6-14-58-40(28)39(26)62-41(33)32-23(19-49-18-22-12-13-48-34(22)27(49)20-50)15-24(16-29(32)60-38)59-45-37(56)35(54)36(55)42(63-45)43(44(46)47)61-31(53)17-30(51)52/h2-4,7-8,10-13,15-16,18,25,33,35-38,41-45,48,50,54-56H,6,14,17,19-20,46-47H2,1H3,(H,51,52). The Bertz CT molecular complexity index is 2580. The smallest absolute Gasteiger partial charge is 0.317 e. The molecule has 10 atom stereocenters. The lowest BCUT2D eigenvalue weighted by molar-refractivity contribution is -0.291. The van der Waals surface area contributed by atoms with Crippen LogP contribution in [0.5, 0.6) is 28.7 Å². The van der Waals surface area contributed by atoms with Gasteiger partial charge in [-0.1, -0.05) is 48.2 Å². The molecule has 0 aliphatic carbocycles. The highest BCUT2D eigenvalue weighted by Crippen LogP contribution is 2.61. The molecule has 1 saturated heterocycles. The summed E-state index contributed by atoms with van der Waals surface area (Å²) >= 11 is 0. The molecule has 6 heterocycles. The van der Waals surface area contributed by atoms with Crippen molar-refractivity contribution in [2.24, 2.45) is 11.5 Å². The van der Waals surface area contributed by atoms with E-state index in [1.165, 1.54) is 0 Å². The maximum atomic E-state index is 12.4. The van der Waals surface area contributed by atoms with Crippen molar-refractivity contribution >= 4 is 22.8 Å². The number of nitrogens with one attached hydrogen (secondary N) is 1. The molecule has 0 saturated carbocycles. The van der Waals surface area contributed by atoms with Crippen molar-refractivity contribution in [2.75, 3.05) is 13.7 Å². The van der Waals surface area contributed by atoms with E-state index in [0.29, 0.717) is 46.2 Å². The van der Waals surface area contributed by atoms with E-state index in [-0.39, 0.29) is 25.5 Å². The number of aromatic nitrogens is 2. The molecule has 5 aromatic rings. The maximum absolute atomic E-state index is 12.4. The molecule has 3 aromatic carbocycles. The number of aromatic amines is 1. The van der Waals surface area contributed by atoms with E-state index in [1.807, 2.05) is 59.3 Å². The zero-order valence-corrected chi connectivity index (χ0v) is 33.8. The summed E-state index contributed by atoms with van der Waals surface area (Å²) in [6, 6.07) is 18.8. The molecule has 0 spiro atoms. The Hall–Kier alpha value is -6.30. The van der Waals surface area contributed by atoms with E-state index in [9.17, 15) is 30.0 Å². The zero-order chi connectivity index (χ0) is 44.1. The van der Waals surface area contributed by atoms with Crippen molar-refractivity contribution in [3.8, 4) is 40.6 Å². The van der Waals surface area contributed by atoms with Gasteiger partial charge in [0.2, 0.25) is 12.0 Å². The zero-order valence-electron chi connectivity index (χ0n) is 33.8. The molecule has 9 rings (SSSR count). The summed E-state index contributed by atoms with van der Waals surface area (Å²) in [6.45, 7) is 0.145. The number of hydrogen-bond acceptors (Lipinski definition) is 15. The van der Waals surface area contributed by atoms with Gasteiger partial charge in [0.25, 0.3) is 0 Å². The van der Waals surface area contributed by atoms with Crippen molar-refractivity contribution in [3.05, 3.63) is 101 Å². The molecule has 4 aliphatic heterocycles. The van der Waals surface area contributed by atoms with Crippen LogP contribution in [0.1, 0.15) is 58.7 Å². The van der Waals surface area contributed by atoms with E-state index in [4.69, 9.17) is 49.7 Å². The number of H-pyrrole nitrogens is 1. The predicted octanol–water partition coefficient (Wildman–Crippen LogP) is 1.88. The van der Waals surface area contributed by atoms with Crippen LogP contribution in [0, 0.1) is 11.8 Å². The first kappa shape index (κ1) is 42.0. The Balaban J connectivity index is 1.17. The Morgan fingerprint density at radius 2 is 1.83 bits per heavy atom. The van der Waals surface area contributed by atoms with Gasteiger partial charge in [-0.3, -0.25) is 9.59 Å². The number of hydrogen-bond donors (Lipinski definition) is 8. The number of aliphatic hydroxyl groups excluding tert-OH is 4. The fourth-order valence-corrected chi connectivity index (χ4v) is 9.05. The molecule has 0 radical (unpaired) electrons. The Labute approximate surface area is 359 Å². The molecule has 18 nitrogen and oxygen atoms in total. The molecular formula is C45H46N4O14. The number of fused-ring (bicyclic) bond motifs is 3. The fraction of sp³-hybridized carbons (Fsp3) is 0.378. The quantitative estimate of drug-likeness (QED) is 0.0385. The summed E-state index contributed by atoms with van der Waals surface area (Å²) in [4.78, 5) is 26.8. The second-order valence-electron chi connectivity index (χ2n) is 15.8. The van der Waals surface area contributed by atoms with E-state index in [0.717, 1.165) is 22.0 Å². The number of methoxy groups -OCH3 is 1. The third kappa shape index (κ3) is 7.67. The average molecular weight is 867 g/mol. The molecule has 10 N–H and O–H groups in total.